The van der Waals surface area contributed by atoms with E-state index in [4.69, 9.17) is 16.7 Å². The van der Waals surface area contributed by atoms with Crippen LogP contribution in [0.4, 0.5) is 0 Å². The van der Waals surface area contributed by atoms with Gasteiger partial charge in [0.15, 0.2) is 0 Å². The fourth-order valence-electron chi connectivity index (χ4n) is 1.51. The van der Waals surface area contributed by atoms with E-state index in [9.17, 15) is 0 Å². The molecular weight excluding hydrogens is 200 g/mol. The molecule has 1 atom stereocenters. The molecule has 0 saturated carbocycles. The van der Waals surface area contributed by atoms with E-state index >= 15 is 0 Å². The van der Waals surface area contributed by atoms with Gasteiger partial charge in [0.25, 0.3) is 0 Å². The molecule has 1 heterocycles. The number of hydrogen-bond acceptors (Lipinski definition) is 2. The van der Waals surface area contributed by atoms with Crippen LogP contribution < -0.4 is 0 Å². The number of aliphatic hydroxyl groups excluding tert-OH is 1. The fraction of sp³-hybridized carbons (Fsp3) is 0.700. The zero-order valence-corrected chi connectivity index (χ0v) is 9.67. The summed E-state index contributed by atoms with van der Waals surface area (Å²) in [7, 11) is 1.89. The molecule has 1 aromatic heterocycles. The number of hydrogen-bond donors (Lipinski definition) is 1. The highest BCUT2D eigenvalue weighted by Crippen LogP contribution is 2.23. The largest absolute Gasteiger partial charge is 0.396 e. The standard InChI is InChI=1S/C10H17ClN2O/c1-4-8(6-14)5-9-10(11)7(2)12-13(9)3/h8,14H,4-6H2,1-3H3. The summed E-state index contributed by atoms with van der Waals surface area (Å²) in [4.78, 5) is 0. The Bertz CT molecular complexity index is 305. The van der Waals surface area contributed by atoms with Gasteiger partial charge >= 0.3 is 0 Å². The SMILES string of the molecule is CCC(CO)Cc1c(Cl)c(C)nn1C. The van der Waals surface area contributed by atoms with Crippen LogP contribution >= 0.6 is 11.6 Å². The summed E-state index contributed by atoms with van der Waals surface area (Å²) in [5.41, 5.74) is 1.88. The van der Waals surface area contributed by atoms with Crippen molar-refractivity contribution in [3.63, 3.8) is 0 Å². The highest BCUT2D eigenvalue weighted by atomic mass is 35.5. The molecule has 1 unspecified atom stereocenters. The minimum absolute atomic E-state index is 0.205. The number of aliphatic hydroxyl groups is 1. The highest BCUT2D eigenvalue weighted by molar-refractivity contribution is 6.31. The monoisotopic (exact) mass is 216 g/mol. The van der Waals surface area contributed by atoms with Crippen LogP contribution in [0.2, 0.25) is 5.02 Å². The van der Waals surface area contributed by atoms with Gasteiger partial charge in [0.2, 0.25) is 0 Å². The first-order valence-corrected chi connectivity index (χ1v) is 5.26. The molecule has 0 spiro atoms. The molecule has 0 amide bonds. The Labute approximate surface area is 89.7 Å². The summed E-state index contributed by atoms with van der Waals surface area (Å²) < 4.78 is 1.80. The van der Waals surface area contributed by atoms with Gasteiger partial charge in [0, 0.05) is 13.7 Å². The topological polar surface area (TPSA) is 38.1 Å². The van der Waals surface area contributed by atoms with Crippen LogP contribution in [0.1, 0.15) is 24.7 Å². The van der Waals surface area contributed by atoms with Crippen LogP contribution in [0, 0.1) is 12.8 Å². The average molecular weight is 217 g/mol. The van der Waals surface area contributed by atoms with Crippen molar-refractivity contribution < 1.29 is 5.11 Å². The lowest BCUT2D eigenvalue weighted by atomic mass is 10.0. The molecule has 0 saturated heterocycles. The van der Waals surface area contributed by atoms with Crippen LogP contribution in [0.15, 0.2) is 0 Å². The molecule has 0 aliphatic rings. The van der Waals surface area contributed by atoms with E-state index in [1.54, 1.807) is 4.68 Å². The van der Waals surface area contributed by atoms with E-state index in [-0.39, 0.29) is 12.5 Å². The maximum atomic E-state index is 9.10. The molecule has 0 radical (unpaired) electrons. The summed E-state index contributed by atoms with van der Waals surface area (Å²) in [6.07, 6.45) is 1.75. The molecule has 14 heavy (non-hydrogen) atoms. The Morgan fingerprint density at radius 1 is 1.57 bits per heavy atom. The molecule has 0 aliphatic carbocycles. The summed E-state index contributed by atoms with van der Waals surface area (Å²) >= 11 is 6.11. The maximum Gasteiger partial charge on any atom is 0.0847 e. The Kier molecular flexibility index (Phi) is 3.96. The third-order valence-electron chi connectivity index (χ3n) is 2.58. The lowest BCUT2D eigenvalue weighted by molar-refractivity contribution is 0.220. The molecule has 0 aromatic carbocycles. The number of aromatic nitrogens is 2. The molecular formula is C10H17ClN2O. The third kappa shape index (κ3) is 2.28. The zero-order chi connectivity index (χ0) is 10.7. The first-order valence-electron chi connectivity index (χ1n) is 4.89. The van der Waals surface area contributed by atoms with Crippen molar-refractivity contribution >= 4 is 11.6 Å². The van der Waals surface area contributed by atoms with Crippen molar-refractivity contribution in [1.29, 1.82) is 0 Å². The van der Waals surface area contributed by atoms with Gasteiger partial charge in [-0.3, -0.25) is 4.68 Å². The number of aryl methyl sites for hydroxylation is 2. The van der Waals surface area contributed by atoms with Crippen molar-refractivity contribution in [1.82, 2.24) is 9.78 Å². The zero-order valence-electron chi connectivity index (χ0n) is 8.92. The Hall–Kier alpha value is -0.540. The molecule has 0 aliphatic heterocycles. The van der Waals surface area contributed by atoms with Crippen molar-refractivity contribution in [3.8, 4) is 0 Å². The maximum absolute atomic E-state index is 9.10. The van der Waals surface area contributed by atoms with Crippen LogP contribution in [-0.4, -0.2) is 21.5 Å². The smallest absolute Gasteiger partial charge is 0.0847 e. The second kappa shape index (κ2) is 4.80. The summed E-state index contributed by atoms with van der Waals surface area (Å²) in [6, 6.07) is 0. The average Bonchev–Trinajstić information content (AvgIpc) is 2.40. The lowest BCUT2D eigenvalue weighted by Gasteiger charge is -2.11. The second-order valence-electron chi connectivity index (χ2n) is 3.63. The van der Waals surface area contributed by atoms with Gasteiger partial charge in [0.05, 0.1) is 16.4 Å². The number of halogens is 1. The summed E-state index contributed by atoms with van der Waals surface area (Å²) in [5.74, 6) is 0.280. The van der Waals surface area contributed by atoms with E-state index in [0.717, 1.165) is 29.3 Å². The molecule has 1 N–H and O–H groups in total. The summed E-state index contributed by atoms with van der Waals surface area (Å²) in [6.45, 7) is 4.17. The first kappa shape index (κ1) is 11.5. The number of rotatable bonds is 4. The molecule has 0 bridgehead atoms. The van der Waals surface area contributed by atoms with E-state index in [1.165, 1.54) is 0 Å². The lowest BCUT2D eigenvalue weighted by Crippen LogP contribution is -2.11. The fourth-order valence-corrected chi connectivity index (χ4v) is 1.75. The van der Waals surface area contributed by atoms with E-state index in [2.05, 4.69) is 12.0 Å². The Balaban J connectivity index is 2.84. The van der Waals surface area contributed by atoms with Gasteiger partial charge in [-0.05, 0) is 19.3 Å². The van der Waals surface area contributed by atoms with Gasteiger partial charge in [-0.25, -0.2) is 0 Å². The van der Waals surface area contributed by atoms with Crippen molar-refractivity contribution in [3.05, 3.63) is 16.4 Å². The van der Waals surface area contributed by atoms with Crippen molar-refractivity contribution in [2.45, 2.75) is 26.7 Å². The molecule has 1 aromatic rings. The van der Waals surface area contributed by atoms with E-state index in [1.807, 2.05) is 14.0 Å². The number of nitrogens with zero attached hydrogens (tertiary/aromatic N) is 2. The third-order valence-corrected chi connectivity index (χ3v) is 3.07. The molecule has 3 nitrogen and oxygen atoms in total. The second-order valence-corrected chi connectivity index (χ2v) is 4.01. The van der Waals surface area contributed by atoms with Crippen molar-refractivity contribution in [2.24, 2.45) is 13.0 Å². The molecule has 1 rings (SSSR count). The first-order chi connectivity index (χ1) is 6.60. The van der Waals surface area contributed by atoms with Gasteiger partial charge in [0.1, 0.15) is 0 Å². The minimum Gasteiger partial charge on any atom is -0.396 e. The normalized spacial score (nSPS) is 13.2. The highest BCUT2D eigenvalue weighted by Gasteiger charge is 2.15. The predicted molar refractivity (Wildman–Crippen MR) is 57.5 cm³/mol. The predicted octanol–water partition coefficient (Wildman–Crippen LogP) is 1.94. The quantitative estimate of drug-likeness (QED) is 0.836. The Morgan fingerprint density at radius 3 is 2.57 bits per heavy atom. The van der Waals surface area contributed by atoms with Crippen LogP contribution in [0.5, 0.6) is 0 Å². The van der Waals surface area contributed by atoms with Gasteiger partial charge in [-0.1, -0.05) is 24.9 Å². The van der Waals surface area contributed by atoms with Crippen LogP contribution in [0.3, 0.4) is 0 Å². The molecule has 4 heteroatoms. The van der Waals surface area contributed by atoms with Gasteiger partial charge < -0.3 is 5.11 Å². The van der Waals surface area contributed by atoms with Crippen LogP contribution in [-0.2, 0) is 13.5 Å². The summed E-state index contributed by atoms with van der Waals surface area (Å²) in [5, 5.41) is 14.1. The van der Waals surface area contributed by atoms with Gasteiger partial charge in [-0.2, -0.15) is 5.10 Å². The van der Waals surface area contributed by atoms with E-state index < -0.39 is 0 Å². The van der Waals surface area contributed by atoms with Crippen LogP contribution in [0.25, 0.3) is 0 Å². The minimum atomic E-state index is 0.205. The van der Waals surface area contributed by atoms with E-state index in [0.29, 0.717) is 0 Å². The van der Waals surface area contributed by atoms with Gasteiger partial charge in [-0.15, -0.1) is 0 Å². The Morgan fingerprint density at radius 2 is 2.21 bits per heavy atom. The molecule has 80 valence electrons. The van der Waals surface area contributed by atoms with Crippen molar-refractivity contribution in [2.75, 3.05) is 6.61 Å². The molecule has 0 fully saturated rings.